The van der Waals surface area contributed by atoms with Crippen LogP contribution < -0.4 is 10.5 Å². The van der Waals surface area contributed by atoms with E-state index in [0.29, 0.717) is 19.5 Å². The van der Waals surface area contributed by atoms with Gasteiger partial charge in [0.1, 0.15) is 5.82 Å². The van der Waals surface area contributed by atoms with Crippen LogP contribution in [0.5, 0.6) is 0 Å². The van der Waals surface area contributed by atoms with E-state index in [1.54, 1.807) is 0 Å². The second kappa shape index (κ2) is 5.93. The van der Waals surface area contributed by atoms with Crippen molar-refractivity contribution in [3.8, 4) is 0 Å². The molecule has 1 aromatic rings. The molecule has 16 heavy (non-hydrogen) atoms. The predicted molar refractivity (Wildman–Crippen MR) is 59.9 cm³/mol. The smallest absolute Gasteiger partial charge is 0.240 e. The number of hydrogen-bond donors (Lipinski definition) is 2. The molecule has 6 heteroatoms. The van der Waals surface area contributed by atoms with Gasteiger partial charge in [0.2, 0.25) is 10.0 Å². The van der Waals surface area contributed by atoms with Crippen molar-refractivity contribution in [3.05, 3.63) is 30.1 Å². The van der Waals surface area contributed by atoms with Crippen molar-refractivity contribution < 1.29 is 12.8 Å². The zero-order valence-electron chi connectivity index (χ0n) is 8.82. The third kappa shape index (κ3) is 3.88. The van der Waals surface area contributed by atoms with Gasteiger partial charge in [0.05, 0.1) is 4.90 Å². The molecule has 0 spiro atoms. The van der Waals surface area contributed by atoms with Crippen molar-refractivity contribution in [3.63, 3.8) is 0 Å². The number of halogens is 1. The molecule has 0 aromatic heterocycles. The lowest BCUT2D eigenvalue weighted by Gasteiger charge is -2.05. The van der Waals surface area contributed by atoms with Gasteiger partial charge in [0.15, 0.2) is 0 Å². The van der Waals surface area contributed by atoms with E-state index < -0.39 is 15.8 Å². The monoisotopic (exact) mass is 246 g/mol. The Labute approximate surface area is 94.7 Å². The molecule has 0 amide bonds. The SMILES string of the molecule is NCCCCNS(=O)(=O)c1ccc(F)cc1. The van der Waals surface area contributed by atoms with Gasteiger partial charge in [-0.1, -0.05) is 0 Å². The van der Waals surface area contributed by atoms with Gasteiger partial charge >= 0.3 is 0 Å². The minimum absolute atomic E-state index is 0.0710. The standard InChI is InChI=1S/C10H15FN2O2S/c11-9-3-5-10(6-4-9)16(14,15)13-8-2-1-7-12/h3-6,13H,1-2,7-8,12H2. The Kier molecular flexibility index (Phi) is 4.85. The van der Waals surface area contributed by atoms with E-state index in [9.17, 15) is 12.8 Å². The second-order valence-corrected chi connectivity index (χ2v) is 5.11. The Balaban J connectivity index is 2.60. The molecule has 0 atom stereocenters. The number of unbranched alkanes of at least 4 members (excludes halogenated alkanes) is 1. The summed E-state index contributed by atoms with van der Waals surface area (Å²) in [6.07, 6.45) is 1.46. The number of hydrogen-bond acceptors (Lipinski definition) is 3. The van der Waals surface area contributed by atoms with Crippen LogP contribution in [-0.4, -0.2) is 21.5 Å². The molecule has 90 valence electrons. The van der Waals surface area contributed by atoms with Crippen LogP contribution in [0.25, 0.3) is 0 Å². The van der Waals surface area contributed by atoms with E-state index >= 15 is 0 Å². The van der Waals surface area contributed by atoms with Crippen molar-refractivity contribution >= 4 is 10.0 Å². The third-order valence-corrected chi connectivity index (χ3v) is 3.52. The van der Waals surface area contributed by atoms with Gasteiger partial charge < -0.3 is 5.73 Å². The van der Waals surface area contributed by atoms with Crippen LogP contribution in [0.3, 0.4) is 0 Å². The molecule has 0 aliphatic carbocycles. The van der Waals surface area contributed by atoms with Gasteiger partial charge in [-0.3, -0.25) is 0 Å². The van der Waals surface area contributed by atoms with Crippen LogP contribution in [0.15, 0.2) is 29.2 Å². The predicted octanol–water partition coefficient (Wildman–Crippen LogP) is 0.843. The highest BCUT2D eigenvalue weighted by molar-refractivity contribution is 7.89. The van der Waals surface area contributed by atoms with E-state index in [2.05, 4.69) is 4.72 Å². The summed E-state index contributed by atoms with van der Waals surface area (Å²) in [6.45, 7) is 0.884. The Morgan fingerprint density at radius 3 is 2.38 bits per heavy atom. The van der Waals surface area contributed by atoms with Crippen LogP contribution in [0.4, 0.5) is 4.39 Å². The Morgan fingerprint density at radius 2 is 1.81 bits per heavy atom. The highest BCUT2D eigenvalue weighted by Crippen LogP contribution is 2.09. The van der Waals surface area contributed by atoms with Gasteiger partial charge in [-0.2, -0.15) is 0 Å². The summed E-state index contributed by atoms with van der Waals surface area (Å²) in [5.74, 6) is -0.456. The lowest BCUT2D eigenvalue weighted by Crippen LogP contribution is -2.25. The second-order valence-electron chi connectivity index (χ2n) is 3.35. The summed E-state index contributed by atoms with van der Waals surface area (Å²) in [5, 5.41) is 0. The zero-order valence-corrected chi connectivity index (χ0v) is 9.63. The fourth-order valence-electron chi connectivity index (χ4n) is 1.17. The first-order valence-electron chi connectivity index (χ1n) is 5.01. The molecule has 0 aliphatic rings. The van der Waals surface area contributed by atoms with E-state index in [-0.39, 0.29) is 4.90 Å². The zero-order chi connectivity index (χ0) is 12.0. The van der Waals surface area contributed by atoms with Crippen LogP contribution >= 0.6 is 0 Å². The maximum Gasteiger partial charge on any atom is 0.240 e. The fourth-order valence-corrected chi connectivity index (χ4v) is 2.25. The molecular formula is C10H15FN2O2S. The van der Waals surface area contributed by atoms with Crippen molar-refractivity contribution in [1.29, 1.82) is 0 Å². The van der Waals surface area contributed by atoms with Gasteiger partial charge in [-0.25, -0.2) is 17.5 Å². The molecule has 0 fully saturated rings. The van der Waals surface area contributed by atoms with Crippen molar-refractivity contribution in [1.82, 2.24) is 4.72 Å². The van der Waals surface area contributed by atoms with E-state index in [4.69, 9.17) is 5.73 Å². The first kappa shape index (κ1) is 13.1. The summed E-state index contributed by atoms with van der Waals surface area (Å²) in [5.41, 5.74) is 5.29. The number of rotatable bonds is 6. The lowest BCUT2D eigenvalue weighted by atomic mass is 10.3. The molecule has 0 bridgehead atoms. The number of nitrogens with one attached hydrogen (secondary N) is 1. The summed E-state index contributed by atoms with van der Waals surface area (Å²) in [4.78, 5) is 0.0710. The number of nitrogens with two attached hydrogens (primary N) is 1. The molecule has 0 heterocycles. The Hall–Kier alpha value is -0.980. The Morgan fingerprint density at radius 1 is 1.19 bits per heavy atom. The molecule has 3 N–H and O–H groups in total. The van der Waals surface area contributed by atoms with Crippen molar-refractivity contribution in [2.75, 3.05) is 13.1 Å². The average molecular weight is 246 g/mol. The molecule has 0 radical (unpaired) electrons. The normalized spacial score (nSPS) is 11.6. The summed E-state index contributed by atoms with van der Waals surface area (Å²) in [7, 11) is -3.51. The molecular weight excluding hydrogens is 231 g/mol. The van der Waals surface area contributed by atoms with E-state index in [1.807, 2.05) is 0 Å². The third-order valence-electron chi connectivity index (χ3n) is 2.05. The minimum atomic E-state index is -3.51. The Bertz CT molecular complexity index is 417. The van der Waals surface area contributed by atoms with E-state index in [0.717, 1.165) is 18.6 Å². The largest absolute Gasteiger partial charge is 0.330 e. The average Bonchev–Trinajstić information content (AvgIpc) is 2.25. The topological polar surface area (TPSA) is 72.2 Å². The quantitative estimate of drug-likeness (QED) is 0.731. The number of sulfonamides is 1. The summed E-state index contributed by atoms with van der Waals surface area (Å²) >= 11 is 0. The number of benzene rings is 1. The van der Waals surface area contributed by atoms with Crippen LogP contribution in [0.2, 0.25) is 0 Å². The molecule has 0 unspecified atom stereocenters. The summed E-state index contributed by atoms with van der Waals surface area (Å²) in [6, 6.07) is 4.71. The van der Waals surface area contributed by atoms with Crippen LogP contribution in [0.1, 0.15) is 12.8 Å². The molecule has 0 aliphatic heterocycles. The highest BCUT2D eigenvalue weighted by atomic mass is 32.2. The van der Waals surface area contributed by atoms with Crippen LogP contribution in [-0.2, 0) is 10.0 Å². The maximum absolute atomic E-state index is 12.6. The minimum Gasteiger partial charge on any atom is -0.330 e. The summed E-state index contributed by atoms with van der Waals surface area (Å²) < 4.78 is 38.3. The van der Waals surface area contributed by atoms with Gasteiger partial charge in [-0.15, -0.1) is 0 Å². The van der Waals surface area contributed by atoms with Gasteiger partial charge in [-0.05, 0) is 43.7 Å². The first-order chi connectivity index (χ1) is 7.56. The van der Waals surface area contributed by atoms with Crippen molar-refractivity contribution in [2.45, 2.75) is 17.7 Å². The fraction of sp³-hybridized carbons (Fsp3) is 0.400. The molecule has 1 rings (SSSR count). The van der Waals surface area contributed by atoms with Gasteiger partial charge in [0.25, 0.3) is 0 Å². The highest BCUT2D eigenvalue weighted by Gasteiger charge is 2.12. The van der Waals surface area contributed by atoms with E-state index in [1.165, 1.54) is 12.1 Å². The van der Waals surface area contributed by atoms with Crippen LogP contribution in [0, 0.1) is 5.82 Å². The molecule has 0 saturated carbocycles. The van der Waals surface area contributed by atoms with Crippen molar-refractivity contribution in [2.24, 2.45) is 5.73 Å². The molecule has 1 aromatic carbocycles. The first-order valence-corrected chi connectivity index (χ1v) is 6.50. The molecule has 4 nitrogen and oxygen atoms in total. The van der Waals surface area contributed by atoms with Gasteiger partial charge in [0, 0.05) is 6.54 Å². The maximum atomic E-state index is 12.6. The lowest BCUT2D eigenvalue weighted by molar-refractivity contribution is 0.576. The molecule has 0 saturated heterocycles.